The molecule has 0 spiro atoms. The van der Waals surface area contributed by atoms with Crippen molar-refractivity contribution in [2.45, 2.75) is 12.3 Å². The zero-order valence-electron chi connectivity index (χ0n) is 16.2. The van der Waals surface area contributed by atoms with E-state index in [1.165, 1.54) is 31.4 Å². The van der Waals surface area contributed by atoms with Gasteiger partial charge in [0.15, 0.2) is 0 Å². The minimum absolute atomic E-state index is 0.0840. The van der Waals surface area contributed by atoms with Crippen LogP contribution in [0.2, 0.25) is 0 Å². The zero-order valence-corrected chi connectivity index (χ0v) is 17.0. The lowest BCUT2D eigenvalue weighted by atomic mass is 9.88. The molecule has 2 aromatic carbocycles. The van der Waals surface area contributed by atoms with Gasteiger partial charge in [0, 0.05) is 28.3 Å². The summed E-state index contributed by atoms with van der Waals surface area (Å²) in [5, 5.41) is 12.6. The molecule has 2 heterocycles. The van der Waals surface area contributed by atoms with Gasteiger partial charge in [-0.3, -0.25) is 4.79 Å². The topological polar surface area (TPSA) is 84.9 Å². The lowest BCUT2D eigenvalue weighted by Crippen LogP contribution is -2.22. The molecule has 0 saturated carbocycles. The number of carboxylic acids is 1. The molecule has 6 nitrogen and oxygen atoms in total. The summed E-state index contributed by atoms with van der Waals surface area (Å²) in [7, 11) is 3.08. The van der Waals surface area contributed by atoms with E-state index >= 15 is 0 Å². The van der Waals surface area contributed by atoms with Crippen molar-refractivity contribution in [1.82, 2.24) is 0 Å². The van der Waals surface area contributed by atoms with Gasteiger partial charge in [-0.25, -0.2) is 9.18 Å². The van der Waals surface area contributed by atoms with Crippen LogP contribution in [-0.4, -0.2) is 31.2 Å². The van der Waals surface area contributed by atoms with Crippen LogP contribution in [0.1, 0.15) is 32.5 Å². The summed E-state index contributed by atoms with van der Waals surface area (Å²) in [6.07, 6.45) is 0.138. The number of thiophene rings is 1. The molecule has 30 heavy (non-hydrogen) atoms. The molecule has 1 atom stereocenters. The molecular formula is C22H18FNO5S. The van der Waals surface area contributed by atoms with Crippen molar-refractivity contribution in [3.05, 3.63) is 63.6 Å². The molecule has 1 aromatic heterocycles. The van der Waals surface area contributed by atoms with E-state index in [9.17, 15) is 19.1 Å². The van der Waals surface area contributed by atoms with Crippen LogP contribution in [0.15, 0.2) is 42.5 Å². The van der Waals surface area contributed by atoms with Crippen LogP contribution >= 0.6 is 11.3 Å². The molecule has 1 amide bonds. The number of ether oxygens (including phenoxy) is 2. The number of hydrogen-bond acceptors (Lipinski definition) is 5. The third-order valence-electron chi connectivity index (χ3n) is 5.05. The molecule has 0 fully saturated rings. The van der Waals surface area contributed by atoms with Gasteiger partial charge in [-0.05, 0) is 35.9 Å². The van der Waals surface area contributed by atoms with Crippen LogP contribution < -0.4 is 14.8 Å². The Morgan fingerprint density at radius 3 is 2.53 bits per heavy atom. The summed E-state index contributed by atoms with van der Waals surface area (Å²) in [5.41, 5.74) is 2.07. The van der Waals surface area contributed by atoms with E-state index in [0.29, 0.717) is 33.2 Å². The molecule has 0 saturated heterocycles. The Morgan fingerprint density at radius 1 is 1.17 bits per heavy atom. The molecule has 154 valence electrons. The Balaban J connectivity index is 1.95. The van der Waals surface area contributed by atoms with Gasteiger partial charge in [-0.15, -0.1) is 11.3 Å². The first-order valence-electron chi connectivity index (χ1n) is 9.10. The minimum atomic E-state index is -1.11. The molecule has 1 aliphatic heterocycles. The SMILES string of the molecule is COc1ccc(OC)c(C2CC(=O)Nc3c2sc(C(=O)O)c3-c2ccc(F)cc2)c1. The molecule has 8 heteroatoms. The second-order valence-corrected chi connectivity index (χ2v) is 7.82. The van der Waals surface area contributed by atoms with Gasteiger partial charge in [-0.1, -0.05) is 12.1 Å². The molecule has 2 N–H and O–H groups in total. The Bertz CT molecular complexity index is 1140. The lowest BCUT2D eigenvalue weighted by Gasteiger charge is -2.25. The van der Waals surface area contributed by atoms with Crippen LogP contribution in [-0.2, 0) is 4.79 Å². The van der Waals surface area contributed by atoms with Crippen molar-refractivity contribution in [1.29, 1.82) is 0 Å². The zero-order chi connectivity index (χ0) is 21.4. The smallest absolute Gasteiger partial charge is 0.346 e. The third kappa shape index (κ3) is 3.39. The number of methoxy groups -OCH3 is 2. The summed E-state index contributed by atoms with van der Waals surface area (Å²) in [6, 6.07) is 10.8. The number of carbonyl (C=O) groups is 2. The van der Waals surface area contributed by atoms with Crippen LogP contribution in [0.4, 0.5) is 10.1 Å². The monoisotopic (exact) mass is 427 g/mol. The fourth-order valence-corrected chi connectivity index (χ4v) is 4.93. The highest BCUT2D eigenvalue weighted by Crippen LogP contribution is 2.51. The number of benzene rings is 2. The summed E-state index contributed by atoms with van der Waals surface area (Å²) >= 11 is 1.10. The Hall–Kier alpha value is -3.39. The van der Waals surface area contributed by atoms with Gasteiger partial charge >= 0.3 is 5.97 Å². The highest BCUT2D eigenvalue weighted by Gasteiger charge is 2.35. The van der Waals surface area contributed by atoms with Crippen LogP contribution in [0.25, 0.3) is 11.1 Å². The molecule has 0 radical (unpaired) electrons. The molecule has 0 bridgehead atoms. The Labute approximate surface area is 175 Å². The van der Waals surface area contributed by atoms with Crippen molar-refractivity contribution in [2.75, 3.05) is 19.5 Å². The highest BCUT2D eigenvalue weighted by atomic mass is 32.1. The van der Waals surface area contributed by atoms with Gasteiger partial charge < -0.3 is 19.9 Å². The molecule has 4 rings (SSSR count). The second kappa shape index (κ2) is 7.79. The fourth-order valence-electron chi connectivity index (χ4n) is 3.69. The molecular weight excluding hydrogens is 409 g/mol. The molecule has 0 aliphatic carbocycles. The first-order chi connectivity index (χ1) is 14.4. The maximum Gasteiger partial charge on any atom is 0.346 e. The number of nitrogens with one attached hydrogen (secondary N) is 1. The number of rotatable bonds is 5. The normalized spacial score (nSPS) is 15.3. The van der Waals surface area contributed by atoms with Crippen molar-refractivity contribution in [3.8, 4) is 22.6 Å². The van der Waals surface area contributed by atoms with Gasteiger partial charge in [0.1, 0.15) is 22.2 Å². The van der Waals surface area contributed by atoms with Crippen molar-refractivity contribution < 1.29 is 28.6 Å². The van der Waals surface area contributed by atoms with Gasteiger partial charge in [-0.2, -0.15) is 0 Å². The molecule has 1 aliphatic rings. The largest absolute Gasteiger partial charge is 0.497 e. The van der Waals surface area contributed by atoms with Crippen LogP contribution in [0.3, 0.4) is 0 Å². The van der Waals surface area contributed by atoms with Crippen LogP contribution in [0, 0.1) is 5.82 Å². The number of carbonyl (C=O) groups excluding carboxylic acids is 1. The lowest BCUT2D eigenvalue weighted by molar-refractivity contribution is -0.116. The van der Waals surface area contributed by atoms with E-state index in [4.69, 9.17) is 9.47 Å². The van der Waals surface area contributed by atoms with Gasteiger partial charge in [0.2, 0.25) is 5.91 Å². The van der Waals surface area contributed by atoms with Gasteiger partial charge in [0.05, 0.1) is 19.9 Å². The summed E-state index contributed by atoms with van der Waals surface area (Å²) < 4.78 is 24.2. The Kier molecular flexibility index (Phi) is 5.17. The Morgan fingerprint density at radius 2 is 1.90 bits per heavy atom. The van der Waals surface area contributed by atoms with E-state index in [1.807, 2.05) is 0 Å². The summed E-state index contributed by atoms with van der Waals surface area (Å²) in [6.45, 7) is 0. The maximum absolute atomic E-state index is 13.4. The van der Waals surface area contributed by atoms with Crippen molar-refractivity contribution in [3.63, 3.8) is 0 Å². The van der Waals surface area contributed by atoms with E-state index in [2.05, 4.69) is 5.32 Å². The number of hydrogen-bond donors (Lipinski definition) is 2. The highest BCUT2D eigenvalue weighted by molar-refractivity contribution is 7.15. The summed E-state index contributed by atoms with van der Waals surface area (Å²) in [5.74, 6) is -1.00. The fraction of sp³-hybridized carbons (Fsp3) is 0.182. The van der Waals surface area contributed by atoms with Gasteiger partial charge in [0.25, 0.3) is 0 Å². The van der Waals surface area contributed by atoms with E-state index in [0.717, 1.165) is 16.9 Å². The van der Waals surface area contributed by atoms with E-state index in [1.54, 1.807) is 25.3 Å². The molecule has 3 aromatic rings. The minimum Gasteiger partial charge on any atom is -0.497 e. The number of amides is 1. The number of anilines is 1. The number of aromatic carboxylic acids is 1. The first kappa shape index (κ1) is 19.9. The second-order valence-electron chi connectivity index (χ2n) is 6.77. The average Bonchev–Trinajstić information content (AvgIpc) is 3.13. The van der Waals surface area contributed by atoms with E-state index in [-0.39, 0.29) is 17.2 Å². The quantitative estimate of drug-likeness (QED) is 0.614. The number of carboxylic acid groups (broad SMARTS) is 1. The van der Waals surface area contributed by atoms with Crippen LogP contribution in [0.5, 0.6) is 11.5 Å². The molecule has 1 unspecified atom stereocenters. The summed E-state index contributed by atoms with van der Waals surface area (Å²) in [4.78, 5) is 25.4. The predicted octanol–water partition coefficient (Wildman–Crippen LogP) is 4.74. The maximum atomic E-state index is 13.4. The number of halogens is 1. The average molecular weight is 427 g/mol. The van der Waals surface area contributed by atoms with Crippen molar-refractivity contribution >= 4 is 28.9 Å². The van der Waals surface area contributed by atoms with E-state index < -0.39 is 17.7 Å². The first-order valence-corrected chi connectivity index (χ1v) is 9.92. The standard InChI is InChI=1S/C22H18FNO5S/c1-28-13-7-8-16(29-2)14(9-13)15-10-17(25)24-19-18(11-3-5-12(23)6-4-11)21(22(26)27)30-20(15)19/h3-9,15H,10H2,1-2H3,(H,24,25)(H,26,27). The van der Waals surface area contributed by atoms with Crippen molar-refractivity contribution in [2.24, 2.45) is 0 Å². The predicted molar refractivity (Wildman–Crippen MR) is 111 cm³/mol. The number of fused-ring (bicyclic) bond motifs is 1. The third-order valence-corrected chi connectivity index (χ3v) is 6.34.